The number of aromatic nitrogens is 2. The van der Waals surface area contributed by atoms with Crippen molar-refractivity contribution < 1.29 is 64.7 Å². The molecule has 58 heavy (non-hydrogen) atoms. The standard InChI is InChI=1S/C22H18O10.C20H16N2O4/c23-11-6-14(25)12-8-19(32-22(30)10-4-16(27)20(29)17(28)5-10)21(31-18(12)7-11)9-1-2-13(24)15(26)3-9;1-2-20(25)14-8-16-17-12(7-11-5-3-4-6-15(11)21-17)9-22(16)18(23)13(14)10-26-19(20)24/h1-7,19,21,23-29H,8H2;3-8,25H,2,9-10H2,1H3. The third-order valence-electron chi connectivity index (χ3n) is 10.5. The number of nitrogens with zero attached hydrogens (tertiary/aromatic N) is 2. The number of ether oxygens (including phenoxy) is 3. The molecule has 0 saturated heterocycles. The van der Waals surface area contributed by atoms with Gasteiger partial charge in [-0.1, -0.05) is 31.2 Å². The van der Waals surface area contributed by atoms with Crippen LogP contribution >= 0.6 is 0 Å². The van der Waals surface area contributed by atoms with Crippen molar-refractivity contribution in [3.8, 4) is 57.4 Å². The minimum absolute atomic E-state index is 0.0461. The zero-order valence-electron chi connectivity index (χ0n) is 30.4. The Bertz CT molecular complexity index is 2740. The van der Waals surface area contributed by atoms with Gasteiger partial charge in [0.1, 0.15) is 30.0 Å². The molecule has 5 heterocycles. The van der Waals surface area contributed by atoms with Gasteiger partial charge >= 0.3 is 11.9 Å². The fourth-order valence-corrected chi connectivity index (χ4v) is 7.40. The van der Waals surface area contributed by atoms with Crippen LogP contribution in [0, 0.1) is 0 Å². The van der Waals surface area contributed by atoms with Crippen LogP contribution in [0.5, 0.6) is 46.0 Å². The minimum atomic E-state index is -1.79. The molecule has 16 heteroatoms. The monoisotopic (exact) mass is 790 g/mol. The van der Waals surface area contributed by atoms with Crippen LogP contribution in [0.2, 0.25) is 0 Å². The number of phenolic OH excluding ortho intramolecular Hbond substituents is 7. The van der Waals surface area contributed by atoms with Gasteiger partial charge in [0.15, 0.2) is 40.5 Å². The van der Waals surface area contributed by atoms with Crippen molar-refractivity contribution in [2.75, 3.05) is 0 Å². The average Bonchev–Trinajstić information content (AvgIpc) is 3.56. The highest BCUT2D eigenvalue weighted by Crippen LogP contribution is 2.45. The number of aromatic hydroxyl groups is 7. The van der Waals surface area contributed by atoms with Crippen LogP contribution in [0.15, 0.2) is 83.7 Å². The van der Waals surface area contributed by atoms with Crippen LogP contribution in [0.25, 0.3) is 22.3 Å². The van der Waals surface area contributed by atoms with E-state index >= 15 is 0 Å². The molecule has 3 aliphatic heterocycles. The number of benzene rings is 4. The van der Waals surface area contributed by atoms with Crippen LogP contribution < -0.4 is 10.3 Å². The maximum absolute atomic E-state index is 13.0. The predicted molar refractivity (Wildman–Crippen MR) is 202 cm³/mol. The highest BCUT2D eigenvalue weighted by Gasteiger charge is 2.45. The highest BCUT2D eigenvalue weighted by molar-refractivity contribution is 5.91. The molecule has 4 aromatic carbocycles. The first-order valence-electron chi connectivity index (χ1n) is 17.9. The van der Waals surface area contributed by atoms with Crippen molar-refractivity contribution in [3.05, 3.63) is 123 Å². The third-order valence-corrected chi connectivity index (χ3v) is 10.5. The second kappa shape index (κ2) is 13.9. The first-order chi connectivity index (χ1) is 27.7. The van der Waals surface area contributed by atoms with Gasteiger partial charge in [0.2, 0.25) is 0 Å². The molecule has 0 fully saturated rings. The summed E-state index contributed by atoms with van der Waals surface area (Å²) in [6.45, 7) is 2.01. The molecule has 8 N–H and O–H groups in total. The first kappa shape index (κ1) is 37.5. The van der Waals surface area contributed by atoms with Crippen molar-refractivity contribution in [1.82, 2.24) is 9.55 Å². The summed E-state index contributed by atoms with van der Waals surface area (Å²) in [5.41, 5.74) is 2.14. The van der Waals surface area contributed by atoms with Crippen LogP contribution in [-0.2, 0) is 39.4 Å². The number of hydrogen-bond acceptors (Lipinski definition) is 15. The lowest BCUT2D eigenvalue weighted by Crippen LogP contribution is -2.44. The van der Waals surface area contributed by atoms with Crippen molar-refractivity contribution in [3.63, 3.8) is 0 Å². The molecule has 3 unspecified atom stereocenters. The Balaban J connectivity index is 0.000000165. The molecular weight excluding hydrogens is 756 g/mol. The summed E-state index contributed by atoms with van der Waals surface area (Å²) in [6.07, 6.45) is -1.99. The van der Waals surface area contributed by atoms with Gasteiger partial charge in [-0.2, -0.15) is 0 Å². The van der Waals surface area contributed by atoms with Crippen molar-refractivity contribution in [1.29, 1.82) is 0 Å². The molecule has 0 spiro atoms. The molecule has 2 aromatic heterocycles. The van der Waals surface area contributed by atoms with E-state index in [2.05, 4.69) is 0 Å². The van der Waals surface area contributed by atoms with E-state index in [0.29, 0.717) is 28.9 Å². The Morgan fingerprint density at radius 3 is 2.33 bits per heavy atom. The molecular formula is C42H34N2O14. The SMILES string of the molecule is CCC1(O)C(=O)OCc2c1cc1n(c2=O)Cc2cc3ccccc3nc2-1.O=C(OC1Cc2c(O)cc(O)cc2OC1c1ccc(O)c(O)c1)c1cc(O)c(O)c(O)c1. The van der Waals surface area contributed by atoms with Gasteiger partial charge in [0.05, 0.1) is 34.6 Å². The molecule has 0 amide bonds. The van der Waals surface area contributed by atoms with E-state index in [1.54, 1.807) is 17.6 Å². The summed E-state index contributed by atoms with van der Waals surface area (Å²) >= 11 is 0. The van der Waals surface area contributed by atoms with Crippen molar-refractivity contribution in [2.45, 2.75) is 50.7 Å². The molecule has 296 valence electrons. The molecule has 0 bridgehead atoms. The molecule has 16 nitrogen and oxygen atoms in total. The Labute approximate surface area is 327 Å². The van der Waals surface area contributed by atoms with E-state index in [0.717, 1.165) is 40.4 Å². The maximum atomic E-state index is 13.0. The van der Waals surface area contributed by atoms with Crippen molar-refractivity contribution >= 4 is 22.8 Å². The molecule has 9 rings (SSSR count). The summed E-state index contributed by atoms with van der Waals surface area (Å²) in [7, 11) is 0. The smallest absolute Gasteiger partial charge is 0.343 e. The molecule has 0 radical (unpaired) electrons. The number of hydrogen-bond donors (Lipinski definition) is 8. The van der Waals surface area contributed by atoms with Gasteiger partial charge in [-0.05, 0) is 48.9 Å². The number of cyclic esters (lactones) is 1. The number of fused-ring (bicyclic) bond motifs is 6. The number of esters is 2. The lowest BCUT2D eigenvalue weighted by atomic mass is 9.86. The van der Waals surface area contributed by atoms with Crippen LogP contribution in [0.1, 0.15) is 57.6 Å². The summed E-state index contributed by atoms with van der Waals surface area (Å²) in [4.78, 5) is 42.6. The second-order valence-corrected chi connectivity index (χ2v) is 14.0. The van der Waals surface area contributed by atoms with Gasteiger partial charge in [0.25, 0.3) is 5.56 Å². The van der Waals surface area contributed by atoms with E-state index < -0.39 is 52.7 Å². The Kier molecular flexibility index (Phi) is 9.00. The lowest BCUT2D eigenvalue weighted by molar-refractivity contribution is -0.172. The number of carbonyl (C=O) groups is 2. The van der Waals surface area contributed by atoms with Gasteiger partial charge in [-0.25, -0.2) is 14.6 Å². The fourth-order valence-electron chi connectivity index (χ4n) is 7.40. The lowest BCUT2D eigenvalue weighted by Gasteiger charge is -2.34. The van der Waals surface area contributed by atoms with Crippen LogP contribution in [0.3, 0.4) is 0 Å². The largest absolute Gasteiger partial charge is 0.508 e. The summed E-state index contributed by atoms with van der Waals surface area (Å²) in [6, 6.07) is 19.6. The van der Waals surface area contributed by atoms with Gasteiger partial charge in [-0.15, -0.1) is 0 Å². The van der Waals surface area contributed by atoms with Gasteiger partial charge in [-0.3, -0.25) is 4.79 Å². The van der Waals surface area contributed by atoms with Crippen molar-refractivity contribution in [2.24, 2.45) is 0 Å². The molecule has 0 saturated carbocycles. The number of para-hydroxylation sites is 1. The zero-order valence-corrected chi connectivity index (χ0v) is 30.4. The fraction of sp³-hybridized carbons (Fsp3) is 0.190. The quantitative estimate of drug-likeness (QED) is 0.0895. The van der Waals surface area contributed by atoms with E-state index in [1.807, 2.05) is 30.3 Å². The molecule has 3 aliphatic rings. The Morgan fingerprint density at radius 1 is 0.862 bits per heavy atom. The number of pyridine rings is 2. The summed E-state index contributed by atoms with van der Waals surface area (Å²) in [5, 5.41) is 80.1. The number of rotatable bonds is 4. The molecule has 0 aliphatic carbocycles. The van der Waals surface area contributed by atoms with Gasteiger partial charge in [0, 0.05) is 46.2 Å². The second-order valence-electron chi connectivity index (χ2n) is 14.0. The van der Waals surface area contributed by atoms with E-state index in [4.69, 9.17) is 19.2 Å². The van der Waals surface area contributed by atoms with E-state index in [1.165, 1.54) is 24.3 Å². The summed E-state index contributed by atoms with van der Waals surface area (Å²) in [5.74, 6) is -5.14. The number of phenols is 7. The topological polar surface area (TPSA) is 259 Å². The normalized spacial score (nSPS) is 18.7. The molecule has 6 aromatic rings. The Morgan fingerprint density at radius 2 is 1.60 bits per heavy atom. The van der Waals surface area contributed by atoms with Gasteiger partial charge < -0.3 is 59.6 Å². The summed E-state index contributed by atoms with van der Waals surface area (Å²) < 4.78 is 18.1. The highest BCUT2D eigenvalue weighted by atomic mass is 16.6. The first-order valence-corrected chi connectivity index (χ1v) is 17.9. The van der Waals surface area contributed by atoms with E-state index in [-0.39, 0.29) is 59.1 Å². The van der Waals surface area contributed by atoms with E-state index in [9.17, 15) is 55.2 Å². The average molecular weight is 791 g/mol. The number of carbonyl (C=O) groups excluding carboxylic acids is 2. The third kappa shape index (κ3) is 6.24. The Hall–Kier alpha value is -7.46. The number of aliphatic hydroxyl groups is 1. The van der Waals surface area contributed by atoms with Crippen LogP contribution in [0.4, 0.5) is 0 Å². The molecule has 3 atom stereocenters. The zero-order chi connectivity index (χ0) is 41.2. The maximum Gasteiger partial charge on any atom is 0.343 e. The van der Waals surface area contributed by atoms with Crippen LogP contribution in [-0.4, -0.2) is 68.4 Å². The predicted octanol–water partition coefficient (Wildman–Crippen LogP) is 4.61. The minimum Gasteiger partial charge on any atom is -0.508 e.